The van der Waals surface area contributed by atoms with E-state index >= 15 is 0 Å². The first-order chi connectivity index (χ1) is 6.83. The van der Waals surface area contributed by atoms with Crippen molar-refractivity contribution in [1.82, 2.24) is 0 Å². The summed E-state index contributed by atoms with van der Waals surface area (Å²) in [6, 6.07) is 2.99. The SMILES string of the molecule is COc1cc(C[N+](C)(C)C)cc(F)c1O. The molecule has 1 aromatic carbocycles. The highest BCUT2D eigenvalue weighted by Gasteiger charge is 2.14. The molecule has 0 aliphatic heterocycles. The molecule has 0 fully saturated rings. The van der Waals surface area contributed by atoms with Gasteiger partial charge in [0.25, 0.3) is 0 Å². The predicted octanol–water partition coefficient (Wildman–Crippen LogP) is 1.75. The number of halogens is 1. The molecular formula is C11H17FNO2+. The second-order valence-electron chi connectivity index (χ2n) is 4.58. The zero-order valence-electron chi connectivity index (χ0n) is 9.54. The fourth-order valence-electron chi connectivity index (χ4n) is 1.42. The molecule has 1 rings (SSSR count). The molecular weight excluding hydrogens is 197 g/mol. The van der Waals surface area contributed by atoms with E-state index in [0.717, 1.165) is 5.56 Å². The van der Waals surface area contributed by atoms with Gasteiger partial charge in [-0.25, -0.2) is 4.39 Å². The number of phenols is 1. The van der Waals surface area contributed by atoms with Crippen molar-refractivity contribution in [2.24, 2.45) is 0 Å². The number of benzene rings is 1. The van der Waals surface area contributed by atoms with Crippen molar-refractivity contribution in [3.8, 4) is 11.5 Å². The van der Waals surface area contributed by atoms with Crippen molar-refractivity contribution in [3.05, 3.63) is 23.5 Å². The standard InChI is InChI=1S/C11H16FNO2/c1-13(2,3)7-8-5-9(12)11(14)10(6-8)15-4/h5-6H,7H2,1-4H3/p+1. The molecule has 1 aromatic rings. The highest BCUT2D eigenvalue weighted by Crippen LogP contribution is 2.30. The minimum Gasteiger partial charge on any atom is -0.502 e. The maximum absolute atomic E-state index is 13.3. The average Bonchev–Trinajstić information content (AvgIpc) is 2.08. The third-order valence-electron chi connectivity index (χ3n) is 1.97. The highest BCUT2D eigenvalue weighted by molar-refractivity contribution is 5.42. The van der Waals surface area contributed by atoms with Crippen molar-refractivity contribution in [2.45, 2.75) is 6.54 Å². The lowest BCUT2D eigenvalue weighted by Gasteiger charge is -2.24. The smallest absolute Gasteiger partial charge is 0.194 e. The quantitative estimate of drug-likeness (QED) is 0.777. The second kappa shape index (κ2) is 4.06. The summed E-state index contributed by atoms with van der Waals surface area (Å²) >= 11 is 0. The summed E-state index contributed by atoms with van der Waals surface area (Å²) < 4.78 is 18.8. The molecule has 0 aliphatic rings. The van der Waals surface area contributed by atoms with Crippen LogP contribution in [-0.4, -0.2) is 37.8 Å². The number of aromatic hydroxyl groups is 1. The molecule has 84 valence electrons. The summed E-state index contributed by atoms with van der Waals surface area (Å²) in [7, 11) is 7.44. The molecule has 15 heavy (non-hydrogen) atoms. The van der Waals surface area contributed by atoms with E-state index in [0.29, 0.717) is 11.0 Å². The van der Waals surface area contributed by atoms with E-state index in [1.165, 1.54) is 13.2 Å². The van der Waals surface area contributed by atoms with Crippen LogP contribution in [0.15, 0.2) is 12.1 Å². The molecule has 0 unspecified atom stereocenters. The molecule has 0 radical (unpaired) electrons. The van der Waals surface area contributed by atoms with E-state index in [1.807, 2.05) is 21.1 Å². The Morgan fingerprint density at radius 1 is 1.33 bits per heavy atom. The van der Waals surface area contributed by atoms with Crippen molar-refractivity contribution in [1.29, 1.82) is 0 Å². The molecule has 0 bridgehead atoms. The van der Waals surface area contributed by atoms with Crippen molar-refractivity contribution in [3.63, 3.8) is 0 Å². The Labute approximate surface area is 89.3 Å². The van der Waals surface area contributed by atoms with Gasteiger partial charge in [0, 0.05) is 5.56 Å². The minimum absolute atomic E-state index is 0.179. The van der Waals surface area contributed by atoms with Crippen LogP contribution in [0.3, 0.4) is 0 Å². The fourth-order valence-corrected chi connectivity index (χ4v) is 1.42. The normalized spacial score (nSPS) is 11.5. The van der Waals surface area contributed by atoms with Crippen molar-refractivity contribution in [2.75, 3.05) is 28.3 Å². The molecule has 3 nitrogen and oxygen atoms in total. The van der Waals surface area contributed by atoms with Crippen LogP contribution in [0.2, 0.25) is 0 Å². The number of quaternary nitrogens is 1. The zero-order valence-corrected chi connectivity index (χ0v) is 9.54. The number of phenolic OH excluding ortho intramolecular Hbond substituents is 1. The van der Waals surface area contributed by atoms with Gasteiger partial charge in [-0.3, -0.25) is 0 Å². The summed E-state index contributed by atoms with van der Waals surface area (Å²) in [6.45, 7) is 0.674. The van der Waals surface area contributed by atoms with Gasteiger partial charge >= 0.3 is 0 Å². The Morgan fingerprint density at radius 3 is 2.40 bits per heavy atom. The lowest BCUT2D eigenvalue weighted by Crippen LogP contribution is -2.33. The molecule has 0 atom stereocenters. The first-order valence-electron chi connectivity index (χ1n) is 4.69. The first-order valence-corrected chi connectivity index (χ1v) is 4.69. The maximum Gasteiger partial charge on any atom is 0.194 e. The minimum atomic E-state index is -0.641. The van der Waals surface area contributed by atoms with Gasteiger partial charge in [0.1, 0.15) is 6.54 Å². The molecule has 0 saturated heterocycles. The van der Waals surface area contributed by atoms with Gasteiger partial charge in [0.05, 0.1) is 28.3 Å². The number of methoxy groups -OCH3 is 1. The summed E-state index contributed by atoms with van der Waals surface area (Å²) in [6.07, 6.45) is 0. The van der Waals surface area contributed by atoms with Crippen LogP contribution in [0, 0.1) is 5.82 Å². The Kier molecular flexibility index (Phi) is 3.19. The second-order valence-corrected chi connectivity index (χ2v) is 4.58. The predicted molar refractivity (Wildman–Crippen MR) is 56.4 cm³/mol. The van der Waals surface area contributed by atoms with E-state index in [4.69, 9.17) is 4.74 Å². The van der Waals surface area contributed by atoms with Crippen LogP contribution in [0.25, 0.3) is 0 Å². The number of ether oxygens (including phenoxy) is 1. The molecule has 0 spiro atoms. The molecule has 0 saturated carbocycles. The molecule has 1 N–H and O–H groups in total. The van der Waals surface area contributed by atoms with Crippen molar-refractivity contribution >= 4 is 0 Å². The topological polar surface area (TPSA) is 29.5 Å². The van der Waals surface area contributed by atoms with Gasteiger partial charge in [-0.2, -0.15) is 0 Å². The number of hydrogen-bond donors (Lipinski definition) is 1. The number of rotatable bonds is 3. The summed E-state index contributed by atoms with van der Waals surface area (Å²) in [5.41, 5.74) is 0.801. The lowest BCUT2D eigenvalue weighted by molar-refractivity contribution is -0.884. The van der Waals surface area contributed by atoms with E-state index in [1.54, 1.807) is 6.07 Å². The Bertz CT molecular complexity index is 358. The monoisotopic (exact) mass is 214 g/mol. The van der Waals surface area contributed by atoms with Crippen LogP contribution in [0.5, 0.6) is 11.5 Å². The molecule has 0 heterocycles. The van der Waals surface area contributed by atoms with Gasteiger partial charge in [0.2, 0.25) is 0 Å². The van der Waals surface area contributed by atoms with E-state index < -0.39 is 11.6 Å². The highest BCUT2D eigenvalue weighted by atomic mass is 19.1. The van der Waals surface area contributed by atoms with Gasteiger partial charge in [-0.15, -0.1) is 0 Å². The maximum atomic E-state index is 13.3. The fraction of sp³-hybridized carbons (Fsp3) is 0.455. The third-order valence-corrected chi connectivity index (χ3v) is 1.97. The van der Waals surface area contributed by atoms with Crippen LogP contribution in [-0.2, 0) is 6.54 Å². The Hall–Kier alpha value is -1.29. The van der Waals surface area contributed by atoms with Gasteiger partial charge in [0.15, 0.2) is 17.3 Å². The van der Waals surface area contributed by atoms with Crippen LogP contribution in [0.1, 0.15) is 5.56 Å². The summed E-state index contributed by atoms with van der Waals surface area (Å²) in [5.74, 6) is -0.890. The lowest BCUT2D eigenvalue weighted by atomic mass is 10.1. The summed E-state index contributed by atoms with van der Waals surface area (Å²) in [5, 5.41) is 9.32. The zero-order chi connectivity index (χ0) is 11.6. The van der Waals surface area contributed by atoms with E-state index in [9.17, 15) is 9.50 Å². The Morgan fingerprint density at radius 2 is 1.93 bits per heavy atom. The number of hydrogen-bond acceptors (Lipinski definition) is 2. The first kappa shape index (κ1) is 11.8. The van der Waals surface area contributed by atoms with Gasteiger partial charge in [-0.05, 0) is 12.1 Å². The number of nitrogens with zero attached hydrogens (tertiary/aromatic N) is 1. The average molecular weight is 214 g/mol. The molecule has 4 heteroatoms. The van der Waals surface area contributed by atoms with Crippen LogP contribution in [0.4, 0.5) is 4.39 Å². The van der Waals surface area contributed by atoms with Gasteiger partial charge in [-0.1, -0.05) is 0 Å². The molecule has 0 aliphatic carbocycles. The Balaban J connectivity index is 3.06. The van der Waals surface area contributed by atoms with Gasteiger partial charge < -0.3 is 14.3 Å². The molecule has 0 amide bonds. The van der Waals surface area contributed by atoms with Crippen LogP contribution < -0.4 is 4.74 Å². The third kappa shape index (κ3) is 3.09. The molecule has 0 aromatic heterocycles. The van der Waals surface area contributed by atoms with Crippen molar-refractivity contribution < 1.29 is 18.7 Å². The van der Waals surface area contributed by atoms with Crippen LogP contribution >= 0.6 is 0 Å². The van der Waals surface area contributed by atoms with E-state index in [2.05, 4.69) is 0 Å². The van der Waals surface area contributed by atoms with E-state index in [-0.39, 0.29) is 5.75 Å². The summed E-state index contributed by atoms with van der Waals surface area (Å²) in [4.78, 5) is 0. The largest absolute Gasteiger partial charge is 0.502 e.